The number of carbonyl (C=O) groups is 3. The van der Waals surface area contributed by atoms with Crippen molar-refractivity contribution in [1.29, 1.82) is 0 Å². The van der Waals surface area contributed by atoms with Crippen molar-refractivity contribution in [2.24, 2.45) is 0 Å². The van der Waals surface area contributed by atoms with Gasteiger partial charge >= 0.3 is 5.97 Å². The monoisotopic (exact) mass is 531 g/mol. The number of hydrogen-bond donors (Lipinski definition) is 3. The van der Waals surface area contributed by atoms with E-state index in [0.29, 0.717) is 43.1 Å². The van der Waals surface area contributed by atoms with Crippen molar-refractivity contribution in [3.8, 4) is 5.75 Å². The first-order valence-electron chi connectivity index (χ1n) is 13.4. The van der Waals surface area contributed by atoms with Crippen molar-refractivity contribution in [1.82, 2.24) is 10.6 Å². The molecule has 8 heteroatoms. The first-order valence-corrected chi connectivity index (χ1v) is 13.4. The number of amides is 2. The van der Waals surface area contributed by atoms with Gasteiger partial charge in [0.2, 0.25) is 0 Å². The van der Waals surface area contributed by atoms with Crippen LogP contribution in [0.15, 0.2) is 65.8 Å². The molecule has 8 nitrogen and oxygen atoms in total. The second kappa shape index (κ2) is 12.2. The highest BCUT2D eigenvalue weighted by molar-refractivity contribution is 5.99. The van der Waals surface area contributed by atoms with Gasteiger partial charge in [-0.3, -0.25) is 14.4 Å². The molecule has 1 aliphatic carbocycles. The third kappa shape index (κ3) is 6.88. The molecule has 39 heavy (non-hydrogen) atoms. The van der Waals surface area contributed by atoms with Crippen LogP contribution in [0.5, 0.6) is 5.75 Å². The van der Waals surface area contributed by atoms with E-state index in [0.717, 1.165) is 23.4 Å². The number of rotatable bonds is 9. The molecule has 3 N–H and O–H groups in total. The van der Waals surface area contributed by atoms with E-state index >= 15 is 0 Å². The normalized spacial score (nSPS) is 22.7. The Labute approximate surface area is 229 Å². The zero-order chi connectivity index (χ0) is 28.0. The minimum absolute atomic E-state index is 0.111. The number of hydrogen-bond acceptors (Lipinski definition) is 5. The molecule has 2 heterocycles. The maximum absolute atomic E-state index is 12.8. The van der Waals surface area contributed by atoms with Crippen LogP contribution >= 0.6 is 0 Å². The zero-order valence-corrected chi connectivity index (χ0v) is 22.8. The summed E-state index contributed by atoms with van der Waals surface area (Å²) in [7, 11) is 0. The predicted molar refractivity (Wildman–Crippen MR) is 153 cm³/mol. The van der Waals surface area contributed by atoms with Crippen LogP contribution in [0.2, 0.25) is 0 Å². The summed E-state index contributed by atoms with van der Waals surface area (Å²) in [6.45, 7) is 7.99. The number of carboxylic acid groups (broad SMARTS) is 1. The first kappa shape index (κ1) is 28.0. The number of anilines is 1. The van der Waals surface area contributed by atoms with Crippen molar-refractivity contribution in [3.63, 3.8) is 0 Å². The Bertz CT molecular complexity index is 1290. The van der Waals surface area contributed by atoms with Gasteiger partial charge in [-0.1, -0.05) is 37.3 Å². The molecule has 0 radical (unpaired) electrons. The van der Waals surface area contributed by atoms with Crippen LogP contribution in [0.1, 0.15) is 57.1 Å². The van der Waals surface area contributed by atoms with E-state index in [4.69, 9.17) is 9.84 Å². The summed E-state index contributed by atoms with van der Waals surface area (Å²) in [6.07, 6.45) is 16.2. The Morgan fingerprint density at radius 2 is 1.77 bits per heavy atom. The van der Waals surface area contributed by atoms with Crippen molar-refractivity contribution in [2.75, 3.05) is 31.1 Å². The van der Waals surface area contributed by atoms with Crippen LogP contribution in [-0.4, -0.2) is 54.7 Å². The average molecular weight is 532 g/mol. The summed E-state index contributed by atoms with van der Waals surface area (Å²) in [5, 5.41) is 14.8. The molecule has 1 aromatic carbocycles. The Hall–Kier alpha value is -4.07. The molecule has 0 saturated carbocycles. The van der Waals surface area contributed by atoms with Crippen LogP contribution in [0.3, 0.4) is 0 Å². The summed E-state index contributed by atoms with van der Waals surface area (Å²) in [5.74, 6) is -0.189. The molecule has 4 rings (SSSR count). The highest BCUT2D eigenvalue weighted by Gasteiger charge is 2.37. The van der Waals surface area contributed by atoms with Gasteiger partial charge in [0.25, 0.3) is 11.8 Å². The molecule has 2 amide bonds. The summed E-state index contributed by atoms with van der Waals surface area (Å²) >= 11 is 0. The largest absolute Gasteiger partial charge is 0.488 e. The number of aliphatic carboxylic acids is 1. The van der Waals surface area contributed by atoms with Gasteiger partial charge in [0.15, 0.2) is 0 Å². The summed E-state index contributed by atoms with van der Waals surface area (Å²) in [6, 6.07) is 4.13. The van der Waals surface area contributed by atoms with E-state index in [1.807, 2.05) is 30.4 Å². The van der Waals surface area contributed by atoms with E-state index in [-0.39, 0.29) is 30.4 Å². The van der Waals surface area contributed by atoms with Crippen LogP contribution in [0, 0.1) is 0 Å². The molecule has 1 unspecified atom stereocenters. The lowest BCUT2D eigenvalue weighted by molar-refractivity contribution is -0.137. The lowest BCUT2D eigenvalue weighted by Gasteiger charge is -2.48. The third-order valence-electron chi connectivity index (χ3n) is 7.25. The van der Waals surface area contributed by atoms with Crippen LogP contribution in [0.4, 0.5) is 5.69 Å². The maximum Gasteiger partial charge on any atom is 0.303 e. The van der Waals surface area contributed by atoms with Crippen LogP contribution < -0.4 is 20.3 Å². The Kier molecular flexibility index (Phi) is 8.74. The third-order valence-corrected chi connectivity index (χ3v) is 7.25. The van der Waals surface area contributed by atoms with Crippen molar-refractivity contribution in [3.05, 3.63) is 76.9 Å². The smallest absolute Gasteiger partial charge is 0.303 e. The minimum atomic E-state index is -0.787. The average Bonchev–Trinajstić information content (AvgIpc) is 2.86. The molecule has 0 bridgehead atoms. The number of carboxylic acids is 1. The number of allylic oxidation sites excluding steroid dienone is 6. The Balaban J connectivity index is 1.40. The molecule has 1 aromatic rings. The molecular weight excluding hydrogens is 494 g/mol. The van der Waals surface area contributed by atoms with Gasteiger partial charge in [-0.05, 0) is 62.5 Å². The van der Waals surface area contributed by atoms with E-state index in [1.54, 1.807) is 24.3 Å². The highest BCUT2D eigenvalue weighted by Crippen LogP contribution is 2.46. The highest BCUT2D eigenvalue weighted by atomic mass is 16.5. The molecule has 0 spiro atoms. The lowest BCUT2D eigenvalue weighted by Crippen LogP contribution is -2.49. The summed E-state index contributed by atoms with van der Waals surface area (Å²) in [4.78, 5) is 38.6. The van der Waals surface area contributed by atoms with Gasteiger partial charge in [-0.15, -0.1) is 0 Å². The molecule has 2 aliphatic heterocycles. The van der Waals surface area contributed by atoms with Gasteiger partial charge < -0.3 is 25.4 Å². The van der Waals surface area contributed by atoms with Gasteiger partial charge in [-0.25, -0.2) is 0 Å². The minimum Gasteiger partial charge on any atom is -0.488 e. The lowest BCUT2D eigenvalue weighted by atomic mass is 9.79. The SMILES string of the molecule is CC1CC(C)(C)N(CCCC(=O)O)c2cc3c(cc21)C=C(C(=O)NCCNC(=O)C1=C/C=C\C=C/C=C\1)CO3. The van der Waals surface area contributed by atoms with Crippen LogP contribution in [0.25, 0.3) is 6.08 Å². The predicted octanol–water partition coefficient (Wildman–Crippen LogP) is 4.26. The van der Waals surface area contributed by atoms with Gasteiger partial charge in [0.1, 0.15) is 12.4 Å². The fourth-order valence-corrected chi connectivity index (χ4v) is 5.38. The summed E-state index contributed by atoms with van der Waals surface area (Å²) in [5.41, 5.74) is 4.07. The second-order valence-corrected chi connectivity index (χ2v) is 10.7. The Morgan fingerprint density at radius 1 is 1.05 bits per heavy atom. The fourth-order valence-electron chi connectivity index (χ4n) is 5.38. The van der Waals surface area contributed by atoms with Gasteiger partial charge in [-0.2, -0.15) is 0 Å². The number of fused-ring (bicyclic) bond motifs is 2. The fraction of sp³-hybridized carbons (Fsp3) is 0.387. The second-order valence-electron chi connectivity index (χ2n) is 10.7. The van der Waals surface area contributed by atoms with Crippen molar-refractivity contribution in [2.45, 2.75) is 51.5 Å². The molecular formula is C31H37N3O5. The number of nitrogens with zero attached hydrogens (tertiary/aromatic N) is 1. The molecule has 206 valence electrons. The van der Waals surface area contributed by atoms with Gasteiger partial charge in [0, 0.05) is 54.5 Å². The Morgan fingerprint density at radius 3 is 2.54 bits per heavy atom. The standard InChI is InChI=1S/C31H37N3O5/c1-21-19-31(2,3)34(15-9-12-28(35)36)26-18-27-23(17-25(21)26)16-24(20-39-27)30(38)33-14-13-32-29(37)22-10-7-5-4-6-8-11-22/h4-8,10-11,16-18,21H,9,12-15,19-20H2,1-3H3,(H,32,37)(H,33,38)(H,35,36)/b5-4-,6-4?,7-5?,8-6-,10-7-,11-8?,22-10?,22-11+. The quantitative estimate of drug-likeness (QED) is 0.411. The molecule has 1 atom stereocenters. The molecule has 0 fully saturated rings. The van der Waals surface area contributed by atoms with E-state index in [9.17, 15) is 14.4 Å². The van der Waals surface area contributed by atoms with Gasteiger partial charge in [0.05, 0.1) is 5.57 Å². The molecule has 0 saturated heterocycles. The summed E-state index contributed by atoms with van der Waals surface area (Å²) < 4.78 is 6.02. The number of benzene rings is 1. The number of nitrogens with one attached hydrogen (secondary N) is 2. The number of carbonyl (C=O) groups excluding carboxylic acids is 2. The van der Waals surface area contributed by atoms with Crippen molar-refractivity contribution >= 4 is 29.5 Å². The first-order chi connectivity index (χ1) is 18.7. The molecule has 3 aliphatic rings. The van der Waals surface area contributed by atoms with Crippen molar-refractivity contribution < 1.29 is 24.2 Å². The van der Waals surface area contributed by atoms with E-state index in [1.165, 1.54) is 5.56 Å². The maximum atomic E-state index is 12.8. The topological polar surface area (TPSA) is 108 Å². The van der Waals surface area contributed by atoms with E-state index in [2.05, 4.69) is 42.4 Å². The van der Waals surface area contributed by atoms with Crippen LogP contribution in [-0.2, 0) is 14.4 Å². The van der Waals surface area contributed by atoms with E-state index < -0.39 is 5.97 Å². The zero-order valence-electron chi connectivity index (χ0n) is 22.8. The number of ether oxygens (including phenoxy) is 1. The molecule has 0 aromatic heterocycles.